The Kier molecular flexibility index (Phi) is 11.3. The van der Waals surface area contributed by atoms with Crippen LogP contribution in [0.2, 0.25) is 0 Å². The average molecular weight is 896 g/mol. The summed E-state index contributed by atoms with van der Waals surface area (Å²) < 4.78 is 63.7. The van der Waals surface area contributed by atoms with Gasteiger partial charge in [-0.05, 0) is 68.9 Å². The van der Waals surface area contributed by atoms with Gasteiger partial charge in [-0.2, -0.15) is 5.26 Å². The first-order chi connectivity index (χ1) is 30.5. The molecule has 328 valence electrons. The smallest absolute Gasteiger partial charge is 0.266 e. The number of nitriles is 1. The maximum Gasteiger partial charge on any atom is 0.266 e. The Labute approximate surface area is 368 Å². The highest BCUT2D eigenvalue weighted by molar-refractivity contribution is 7.81. The van der Waals surface area contributed by atoms with Gasteiger partial charge < -0.3 is 24.0 Å². The van der Waals surface area contributed by atoms with E-state index in [2.05, 4.69) is 10.3 Å². The minimum atomic E-state index is -1.44. The Morgan fingerprint density at radius 2 is 1.72 bits per heavy atom. The van der Waals surface area contributed by atoms with Crippen LogP contribution in [0, 0.1) is 28.8 Å². The fourth-order valence-corrected chi connectivity index (χ4v) is 8.72. The van der Waals surface area contributed by atoms with Crippen LogP contribution in [-0.4, -0.2) is 99.8 Å². The molecule has 6 amide bonds. The van der Waals surface area contributed by atoms with Crippen molar-refractivity contribution in [2.45, 2.75) is 57.2 Å². The van der Waals surface area contributed by atoms with Crippen LogP contribution in [0.3, 0.4) is 0 Å². The molecule has 0 saturated carbocycles. The lowest BCUT2D eigenvalue weighted by Crippen LogP contribution is -2.54. The second-order valence-corrected chi connectivity index (χ2v) is 16.1. The summed E-state index contributed by atoms with van der Waals surface area (Å²) in [5.41, 5.74) is -2.34. The third kappa shape index (κ3) is 7.40. The van der Waals surface area contributed by atoms with Crippen molar-refractivity contribution < 1.29 is 56.1 Å². The van der Waals surface area contributed by atoms with Gasteiger partial charge in [0.2, 0.25) is 11.8 Å². The lowest BCUT2D eigenvalue weighted by Gasteiger charge is -2.32. The molecule has 16 nitrogen and oxygen atoms in total. The molecular weight excluding hydrogens is 860 g/mol. The van der Waals surface area contributed by atoms with E-state index in [1.54, 1.807) is 4.90 Å². The first kappa shape index (κ1) is 43.3. The number of imide groups is 2. The minimum absolute atomic E-state index is 0.00300. The van der Waals surface area contributed by atoms with Gasteiger partial charge >= 0.3 is 0 Å². The van der Waals surface area contributed by atoms with Crippen molar-refractivity contribution in [3.63, 3.8) is 0 Å². The predicted molar refractivity (Wildman–Crippen MR) is 223 cm³/mol. The summed E-state index contributed by atoms with van der Waals surface area (Å²) in [5.74, 6) is -6.73. The Morgan fingerprint density at radius 3 is 2.39 bits per heavy atom. The first-order valence-electron chi connectivity index (χ1n) is 19.9. The summed E-state index contributed by atoms with van der Waals surface area (Å²) in [6.45, 7) is 3.09. The number of methoxy groups -OCH3 is 1. The third-order valence-corrected chi connectivity index (χ3v) is 11.8. The van der Waals surface area contributed by atoms with Crippen LogP contribution < -0.4 is 29.3 Å². The van der Waals surface area contributed by atoms with E-state index in [1.165, 1.54) is 74.5 Å². The van der Waals surface area contributed by atoms with Crippen molar-refractivity contribution in [2.24, 2.45) is 0 Å². The minimum Gasteiger partial charge on any atom is -0.492 e. The second-order valence-electron chi connectivity index (χ2n) is 15.7. The van der Waals surface area contributed by atoms with Crippen LogP contribution in [0.25, 0.3) is 11.3 Å². The van der Waals surface area contributed by atoms with Crippen molar-refractivity contribution in [3.8, 4) is 34.6 Å². The summed E-state index contributed by atoms with van der Waals surface area (Å²) in [5, 5.41) is 11.3. The number of likely N-dealkylation sites (tertiary alicyclic amines) is 1. The largest absolute Gasteiger partial charge is 0.492 e. The van der Waals surface area contributed by atoms with E-state index in [0.29, 0.717) is 12.8 Å². The fourth-order valence-electron chi connectivity index (χ4n) is 8.21. The number of nitrogens with one attached hydrogen (secondary N) is 1. The molecule has 1 aromatic heterocycles. The molecule has 64 heavy (non-hydrogen) atoms. The number of aromatic nitrogens is 1. The topological polar surface area (TPSA) is 192 Å². The number of pyridine rings is 1. The van der Waals surface area contributed by atoms with Crippen LogP contribution in [0.5, 0.6) is 17.2 Å². The van der Waals surface area contributed by atoms with Gasteiger partial charge in [0, 0.05) is 50.0 Å². The molecule has 4 aliphatic rings. The number of hydrogen-bond acceptors (Lipinski definition) is 12. The van der Waals surface area contributed by atoms with Gasteiger partial charge in [-0.1, -0.05) is 6.07 Å². The number of benzene rings is 3. The highest BCUT2D eigenvalue weighted by Gasteiger charge is 2.52. The fraction of sp³-hybridized carbons (Fsp3) is 0.295. The lowest BCUT2D eigenvalue weighted by molar-refractivity contribution is -0.136. The molecular formula is C44H36F3N7O9S. The summed E-state index contributed by atoms with van der Waals surface area (Å²) >= 11 is 5.59. The molecule has 4 aliphatic heterocycles. The molecule has 8 rings (SSSR count). The van der Waals surface area contributed by atoms with E-state index < -0.39 is 77.2 Å². The Hall–Kier alpha value is -7.40. The number of carbonyl (C=O) groups is 6. The number of ether oxygens (including phenoxy) is 3. The summed E-state index contributed by atoms with van der Waals surface area (Å²) in [7, 11) is 1.18. The third-order valence-electron chi connectivity index (χ3n) is 11.5. The van der Waals surface area contributed by atoms with Crippen molar-refractivity contribution in [1.82, 2.24) is 20.1 Å². The van der Waals surface area contributed by atoms with E-state index in [-0.39, 0.29) is 87.6 Å². The summed E-state index contributed by atoms with van der Waals surface area (Å²) in [6.07, 6.45) is 1.52. The number of halogens is 3. The normalized spacial score (nSPS) is 18.6. The van der Waals surface area contributed by atoms with Crippen molar-refractivity contribution in [2.75, 3.05) is 36.6 Å². The second kappa shape index (κ2) is 16.7. The van der Waals surface area contributed by atoms with E-state index >= 15 is 13.2 Å². The van der Waals surface area contributed by atoms with Crippen LogP contribution in [0.1, 0.15) is 65.8 Å². The van der Waals surface area contributed by atoms with Gasteiger partial charge in [0.25, 0.3) is 23.6 Å². The molecule has 0 aliphatic carbocycles. The van der Waals surface area contributed by atoms with Crippen LogP contribution in [0.15, 0.2) is 60.8 Å². The first-order valence-corrected chi connectivity index (χ1v) is 20.3. The van der Waals surface area contributed by atoms with Crippen LogP contribution in [-0.2, 0) is 19.2 Å². The number of thiocarbonyl (C=S) groups is 1. The molecule has 3 fully saturated rings. The van der Waals surface area contributed by atoms with E-state index in [1.807, 2.05) is 6.07 Å². The number of nitrogens with zero attached hydrogens (tertiary/aromatic N) is 6. The molecule has 1 atom stereocenters. The molecule has 0 bridgehead atoms. The molecule has 3 aromatic carbocycles. The maximum atomic E-state index is 15.8. The highest BCUT2D eigenvalue weighted by Crippen LogP contribution is 2.41. The Morgan fingerprint density at radius 1 is 0.969 bits per heavy atom. The van der Waals surface area contributed by atoms with Gasteiger partial charge in [0.15, 0.2) is 29.1 Å². The van der Waals surface area contributed by atoms with Gasteiger partial charge in [-0.25, -0.2) is 13.2 Å². The number of fused-ring (bicyclic) bond motifs is 1. The van der Waals surface area contributed by atoms with Crippen molar-refractivity contribution in [3.05, 3.63) is 94.9 Å². The number of rotatable bonds is 10. The quantitative estimate of drug-likeness (QED) is 0.169. The molecule has 0 radical (unpaired) electrons. The number of hydrogen-bond donors (Lipinski definition) is 1. The SMILES string of the molecule is COc1c(C#N)ccc(N2C(=O)C(C)(C)N(c3cnc(-c4ccc(OC5CCN(C(=O)COc6cccc7c6C(=O)N(C6CCC(=O)NC6=O)C7=O)CC5)cc4F)c(F)c3)C2=S)c1F. The number of carbonyl (C=O) groups excluding carboxylic acids is 6. The van der Waals surface area contributed by atoms with Crippen molar-refractivity contribution >= 4 is 64.1 Å². The Bertz CT molecular complexity index is 2750. The van der Waals surface area contributed by atoms with Gasteiger partial charge in [0.05, 0.1) is 41.4 Å². The average Bonchev–Trinajstić information content (AvgIpc) is 3.62. The van der Waals surface area contributed by atoms with Gasteiger partial charge in [0.1, 0.15) is 46.8 Å². The van der Waals surface area contributed by atoms with Crippen LogP contribution >= 0.6 is 12.2 Å². The van der Waals surface area contributed by atoms with Crippen molar-refractivity contribution in [1.29, 1.82) is 5.26 Å². The van der Waals surface area contributed by atoms with Gasteiger partial charge in [-0.3, -0.25) is 48.9 Å². The zero-order chi connectivity index (χ0) is 45.8. The van der Waals surface area contributed by atoms with E-state index in [0.717, 1.165) is 21.9 Å². The van der Waals surface area contributed by atoms with E-state index in [9.17, 15) is 34.0 Å². The number of amides is 6. The molecule has 3 saturated heterocycles. The molecule has 4 aromatic rings. The number of piperidine rings is 2. The van der Waals surface area contributed by atoms with Crippen LogP contribution in [0.4, 0.5) is 24.5 Å². The zero-order valence-corrected chi connectivity index (χ0v) is 35.1. The molecule has 0 spiro atoms. The maximum absolute atomic E-state index is 15.8. The molecule has 5 heterocycles. The monoisotopic (exact) mass is 895 g/mol. The molecule has 1 N–H and O–H groups in total. The summed E-state index contributed by atoms with van der Waals surface area (Å²) in [4.78, 5) is 86.1. The van der Waals surface area contributed by atoms with E-state index in [4.69, 9.17) is 26.4 Å². The Balaban J connectivity index is 0.879. The predicted octanol–water partition coefficient (Wildman–Crippen LogP) is 4.81. The lowest BCUT2D eigenvalue weighted by atomic mass is 10.0. The highest BCUT2D eigenvalue weighted by atomic mass is 32.1. The standard InChI is InChI=1S/C44H36F3N7O9S/c1-44(2)42(60)53(30-10-7-22(19-48)38(61-3)36(30)47)43(64)54(44)23-17-29(46)37(49-20-23)26-9-8-25(18-28(26)45)63-24-13-15-51(16-14-24)34(56)21-62-32-6-4-5-27-35(32)41(59)52(40(27)58)31-11-12-33(55)50-39(31)57/h4-10,17-18,20,24,31H,11-16,21H2,1-3H3,(H,50,55,57). The molecule has 1 unspecified atom stereocenters. The molecule has 20 heteroatoms. The summed E-state index contributed by atoms with van der Waals surface area (Å²) in [6, 6.07) is 12.4. The zero-order valence-electron chi connectivity index (χ0n) is 34.3. The van der Waals surface area contributed by atoms with Gasteiger partial charge in [-0.15, -0.1) is 0 Å². The number of anilines is 2.